The van der Waals surface area contributed by atoms with E-state index in [9.17, 15) is 9.59 Å². The van der Waals surface area contributed by atoms with Crippen molar-refractivity contribution in [2.24, 2.45) is 0 Å². The highest BCUT2D eigenvalue weighted by Gasteiger charge is 2.15. The number of nitrogens with zero attached hydrogens (tertiary/aromatic N) is 2. The molecular weight excluding hydrogens is 436 g/mol. The van der Waals surface area contributed by atoms with Gasteiger partial charge in [-0.25, -0.2) is 4.98 Å². The highest BCUT2D eigenvalue weighted by Crippen LogP contribution is 2.29. The molecule has 0 spiro atoms. The Hall–Kier alpha value is -3.78. The van der Waals surface area contributed by atoms with Crippen LogP contribution in [0.2, 0.25) is 0 Å². The number of imidazole rings is 1. The molecule has 8 heteroatoms. The minimum Gasteiger partial charge on any atom is -0.494 e. The lowest BCUT2D eigenvalue weighted by Gasteiger charge is -2.11. The van der Waals surface area contributed by atoms with Gasteiger partial charge in [-0.15, -0.1) is 0 Å². The number of aromatic nitrogens is 2. The molecule has 2 N–H and O–H groups in total. The molecule has 4 aromatic rings. The number of amides is 2. The van der Waals surface area contributed by atoms with E-state index in [-0.39, 0.29) is 17.6 Å². The maximum Gasteiger partial charge on any atom is 0.251 e. The average Bonchev–Trinajstić information content (AvgIpc) is 3.21. The minimum atomic E-state index is -0.204. The highest BCUT2D eigenvalue weighted by atomic mass is 32.2. The molecule has 168 valence electrons. The van der Waals surface area contributed by atoms with Gasteiger partial charge in [-0.2, -0.15) is 0 Å². The molecule has 0 atom stereocenters. The number of hydrogen-bond acceptors (Lipinski definition) is 5. The van der Waals surface area contributed by atoms with Crippen LogP contribution in [-0.2, 0) is 4.79 Å². The monoisotopic (exact) mass is 460 g/mol. The second-order valence-corrected chi connectivity index (χ2v) is 8.08. The Kier molecular flexibility index (Phi) is 6.95. The van der Waals surface area contributed by atoms with Gasteiger partial charge >= 0.3 is 0 Å². The van der Waals surface area contributed by atoms with Crippen molar-refractivity contribution in [3.8, 4) is 11.4 Å². The van der Waals surface area contributed by atoms with Crippen molar-refractivity contribution in [3.63, 3.8) is 0 Å². The van der Waals surface area contributed by atoms with Gasteiger partial charge in [-0.05, 0) is 61.5 Å². The number of benzene rings is 3. The molecule has 3 aromatic carbocycles. The standard InChI is InChI=1S/C25H24N4O3S/c1-3-32-20-13-11-19(12-14-20)29-22-10-5-4-9-21(22)28-25(29)33-16-23(30)27-18-8-6-7-17(15-18)24(31)26-2/h4-15H,3,16H2,1-2H3,(H,26,31)(H,27,30). The molecule has 0 radical (unpaired) electrons. The van der Waals surface area contributed by atoms with Gasteiger partial charge in [-0.1, -0.05) is 30.0 Å². The molecule has 0 unspecified atom stereocenters. The first-order valence-corrected chi connectivity index (χ1v) is 11.5. The Morgan fingerprint density at radius 1 is 1.03 bits per heavy atom. The average molecular weight is 461 g/mol. The third-order valence-electron chi connectivity index (χ3n) is 4.90. The lowest BCUT2D eigenvalue weighted by Crippen LogP contribution is -2.19. The van der Waals surface area contributed by atoms with Gasteiger partial charge in [0.25, 0.3) is 5.91 Å². The Morgan fingerprint density at radius 2 is 1.82 bits per heavy atom. The maximum atomic E-state index is 12.6. The number of hydrogen-bond donors (Lipinski definition) is 2. The number of para-hydroxylation sites is 2. The van der Waals surface area contributed by atoms with Crippen LogP contribution in [0.25, 0.3) is 16.7 Å². The van der Waals surface area contributed by atoms with E-state index >= 15 is 0 Å². The summed E-state index contributed by atoms with van der Waals surface area (Å²) >= 11 is 1.35. The van der Waals surface area contributed by atoms with E-state index in [0.29, 0.717) is 17.9 Å². The first-order valence-electron chi connectivity index (χ1n) is 10.5. The molecule has 1 aromatic heterocycles. The van der Waals surface area contributed by atoms with Gasteiger partial charge in [0.15, 0.2) is 5.16 Å². The van der Waals surface area contributed by atoms with Crippen molar-refractivity contribution < 1.29 is 14.3 Å². The summed E-state index contributed by atoms with van der Waals surface area (Å²) in [5.41, 5.74) is 3.81. The van der Waals surface area contributed by atoms with Gasteiger partial charge in [0, 0.05) is 24.0 Å². The van der Waals surface area contributed by atoms with Crippen molar-refractivity contribution in [2.75, 3.05) is 24.7 Å². The van der Waals surface area contributed by atoms with E-state index in [2.05, 4.69) is 10.6 Å². The molecule has 2 amide bonds. The van der Waals surface area contributed by atoms with Crippen molar-refractivity contribution >= 4 is 40.3 Å². The van der Waals surface area contributed by atoms with Gasteiger partial charge in [-0.3, -0.25) is 14.2 Å². The number of ether oxygens (including phenoxy) is 1. The number of thioether (sulfide) groups is 1. The predicted molar refractivity (Wildman–Crippen MR) is 131 cm³/mol. The van der Waals surface area contributed by atoms with Gasteiger partial charge in [0.1, 0.15) is 5.75 Å². The van der Waals surface area contributed by atoms with Crippen molar-refractivity contribution in [1.82, 2.24) is 14.9 Å². The summed E-state index contributed by atoms with van der Waals surface area (Å²) in [4.78, 5) is 29.2. The minimum absolute atomic E-state index is 0.171. The molecule has 0 aliphatic carbocycles. The van der Waals surface area contributed by atoms with Crippen LogP contribution in [0.1, 0.15) is 17.3 Å². The third kappa shape index (κ3) is 5.18. The van der Waals surface area contributed by atoms with E-state index in [4.69, 9.17) is 9.72 Å². The molecule has 4 rings (SSSR count). The van der Waals surface area contributed by atoms with Gasteiger partial charge in [0.2, 0.25) is 5.91 Å². The van der Waals surface area contributed by atoms with Crippen LogP contribution in [0.15, 0.2) is 78.0 Å². The fourth-order valence-electron chi connectivity index (χ4n) is 3.42. The van der Waals surface area contributed by atoms with Crippen LogP contribution >= 0.6 is 11.8 Å². The topological polar surface area (TPSA) is 85.2 Å². The van der Waals surface area contributed by atoms with E-state index in [0.717, 1.165) is 27.6 Å². The van der Waals surface area contributed by atoms with Gasteiger partial charge < -0.3 is 15.4 Å². The van der Waals surface area contributed by atoms with Crippen LogP contribution in [0.3, 0.4) is 0 Å². The fraction of sp³-hybridized carbons (Fsp3) is 0.160. The number of fused-ring (bicyclic) bond motifs is 1. The second kappa shape index (κ2) is 10.2. The van der Waals surface area contributed by atoms with E-state index in [1.54, 1.807) is 31.3 Å². The van der Waals surface area contributed by atoms with Crippen LogP contribution < -0.4 is 15.4 Å². The molecule has 0 fully saturated rings. The zero-order valence-corrected chi connectivity index (χ0v) is 19.2. The number of nitrogens with one attached hydrogen (secondary N) is 2. The van der Waals surface area contributed by atoms with E-state index in [1.165, 1.54) is 11.8 Å². The highest BCUT2D eigenvalue weighted by molar-refractivity contribution is 7.99. The molecule has 1 heterocycles. The molecule has 0 saturated carbocycles. The number of carbonyl (C=O) groups is 2. The normalized spacial score (nSPS) is 10.7. The zero-order valence-electron chi connectivity index (χ0n) is 18.4. The first kappa shape index (κ1) is 22.4. The maximum absolute atomic E-state index is 12.6. The van der Waals surface area contributed by atoms with Crippen molar-refractivity contribution in [2.45, 2.75) is 12.1 Å². The van der Waals surface area contributed by atoms with E-state index in [1.807, 2.05) is 60.0 Å². The summed E-state index contributed by atoms with van der Waals surface area (Å²) in [6.07, 6.45) is 0. The molecule has 0 bridgehead atoms. The number of anilines is 1. The largest absolute Gasteiger partial charge is 0.494 e. The van der Waals surface area contributed by atoms with Crippen LogP contribution in [0.5, 0.6) is 5.75 Å². The summed E-state index contributed by atoms with van der Waals surface area (Å²) in [5, 5.41) is 6.15. The Labute approximate surface area is 196 Å². The van der Waals surface area contributed by atoms with Crippen molar-refractivity contribution in [3.05, 3.63) is 78.4 Å². The predicted octanol–water partition coefficient (Wildman–Crippen LogP) is 4.51. The molecular formula is C25H24N4O3S. The zero-order chi connectivity index (χ0) is 23.2. The third-order valence-corrected chi connectivity index (χ3v) is 5.84. The van der Waals surface area contributed by atoms with Crippen LogP contribution in [0.4, 0.5) is 5.69 Å². The van der Waals surface area contributed by atoms with Gasteiger partial charge in [0.05, 0.1) is 23.4 Å². The summed E-state index contributed by atoms with van der Waals surface area (Å²) in [5.74, 6) is 0.590. The van der Waals surface area contributed by atoms with Crippen molar-refractivity contribution in [1.29, 1.82) is 0 Å². The SMILES string of the molecule is CCOc1ccc(-n2c(SCC(=O)Nc3cccc(C(=O)NC)c3)nc3ccccc32)cc1. The first-order chi connectivity index (χ1) is 16.1. The molecule has 33 heavy (non-hydrogen) atoms. The number of carbonyl (C=O) groups excluding carboxylic acids is 2. The Balaban J connectivity index is 1.53. The lowest BCUT2D eigenvalue weighted by atomic mass is 10.2. The second-order valence-electron chi connectivity index (χ2n) is 7.14. The quantitative estimate of drug-likeness (QED) is 0.378. The van der Waals surface area contributed by atoms with Crippen LogP contribution in [-0.4, -0.2) is 40.8 Å². The molecule has 0 aliphatic rings. The summed E-state index contributed by atoms with van der Waals surface area (Å²) in [6.45, 7) is 2.56. The molecule has 0 saturated heterocycles. The summed E-state index contributed by atoms with van der Waals surface area (Å²) in [6, 6.07) is 22.5. The summed E-state index contributed by atoms with van der Waals surface area (Å²) in [7, 11) is 1.57. The smallest absolute Gasteiger partial charge is 0.251 e. The molecule has 7 nitrogen and oxygen atoms in total. The fourth-order valence-corrected chi connectivity index (χ4v) is 4.25. The Bertz CT molecular complexity index is 1280. The van der Waals surface area contributed by atoms with Crippen LogP contribution in [0, 0.1) is 0 Å². The number of rotatable bonds is 8. The molecule has 0 aliphatic heterocycles. The van der Waals surface area contributed by atoms with E-state index < -0.39 is 0 Å². The lowest BCUT2D eigenvalue weighted by molar-refractivity contribution is -0.113. The summed E-state index contributed by atoms with van der Waals surface area (Å²) < 4.78 is 7.59. The Morgan fingerprint density at radius 3 is 2.58 bits per heavy atom.